The van der Waals surface area contributed by atoms with Crippen LogP contribution in [0.4, 0.5) is 4.79 Å². The van der Waals surface area contributed by atoms with Crippen LogP contribution in [0.25, 0.3) is 17.0 Å². The molecule has 4 amide bonds. The summed E-state index contributed by atoms with van der Waals surface area (Å²) in [4.78, 5) is 63.5. The number of nitrogens with one attached hydrogen (secondary N) is 3. The molecule has 2 aliphatic heterocycles. The number of amides is 4. The standard InChI is InChI=1S/C44H57N5O10S/c1-4-29-24-44(29,42(52)48-60(54,55)31-18-19-31)47-40(50)34-21-30-25-49(34)41(51)39(27-13-7-6-8-14-27)46-43(53)59-35-17-10-9-12-26(35)15-11-16-28-20-32-33(22-36(28)56-3)45-38(57-5-2)23-37(32)58-30/h4,11,16,20,22-23,26-27,29-31,34-35,39H,1,5-10,12-15,17-19,21,24-25H2,2-3H3,(H,46,53)(H,47,50)(H,48,52)/b16-11+/t26-,29-,30-,34+,35+,39+,44-/m1/s1. The molecule has 4 bridgehead atoms. The van der Waals surface area contributed by atoms with Gasteiger partial charge in [0.1, 0.15) is 41.3 Å². The second-order valence-electron chi connectivity index (χ2n) is 17.3. The highest BCUT2D eigenvalue weighted by Gasteiger charge is 2.62. The van der Waals surface area contributed by atoms with Crippen LogP contribution in [0.2, 0.25) is 0 Å². The predicted octanol–water partition coefficient (Wildman–Crippen LogP) is 5.31. The van der Waals surface area contributed by atoms with Crippen molar-refractivity contribution in [1.82, 2.24) is 25.2 Å². The highest BCUT2D eigenvalue weighted by Crippen LogP contribution is 2.46. The summed E-state index contributed by atoms with van der Waals surface area (Å²) in [6, 6.07) is 3.36. The van der Waals surface area contributed by atoms with Crippen molar-refractivity contribution in [3.8, 4) is 17.4 Å². The zero-order valence-electron chi connectivity index (χ0n) is 34.5. The number of ether oxygens (including phenoxy) is 4. The number of sulfonamides is 1. The van der Waals surface area contributed by atoms with Gasteiger partial charge < -0.3 is 34.5 Å². The average molecular weight is 848 g/mol. The Bertz CT molecular complexity index is 2150. The number of allylic oxidation sites excluding steroid dienone is 1. The van der Waals surface area contributed by atoms with Gasteiger partial charge in [-0.25, -0.2) is 18.2 Å². The second kappa shape index (κ2) is 17.3. The summed E-state index contributed by atoms with van der Waals surface area (Å²) in [6.07, 6.45) is 13.4. The van der Waals surface area contributed by atoms with Gasteiger partial charge in [-0.05, 0) is 82.6 Å². The van der Waals surface area contributed by atoms with Gasteiger partial charge >= 0.3 is 6.09 Å². The SMILES string of the molecule is C=C[C@@H]1C[C@]1(NC(=O)[C@@H]1C[C@@H]2CN1C(=O)[C@H](C1CCCCC1)NC(=O)O[C@H]1CCCC[C@@H]1C/C=C/c1cc3c(cc(OCC)nc3cc1OC)O2)C(=O)NS(=O)(=O)C1CC1. The third-order valence-corrected chi connectivity index (χ3v) is 15.1. The maximum atomic E-state index is 15.1. The minimum absolute atomic E-state index is 0.0155. The lowest BCUT2D eigenvalue weighted by molar-refractivity contribution is -0.142. The maximum absolute atomic E-state index is 15.1. The summed E-state index contributed by atoms with van der Waals surface area (Å²) in [5.74, 6) is -1.18. The fourth-order valence-electron chi connectivity index (χ4n) is 9.71. The van der Waals surface area contributed by atoms with E-state index >= 15 is 4.79 Å². The van der Waals surface area contributed by atoms with E-state index in [-0.39, 0.29) is 37.3 Å². The number of carbonyl (C=O) groups is 4. The minimum atomic E-state index is -3.91. The van der Waals surface area contributed by atoms with Crippen molar-refractivity contribution >= 4 is 50.8 Å². The number of nitrogens with zero attached hydrogens (tertiary/aromatic N) is 2. The number of alkyl carbamates (subject to hydrolysis) is 1. The summed E-state index contributed by atoms with van der Waals surface area (Å²) in [7, 11) is -2.32. The molecule has 2 aromatic rings. The molecule has 0 unspecified atom stereocenters. The van der Waals surface area contributed by atoms with Crippen LogP contribution in [-0.2, 0) is 29.1 Å². The van der Waals surface area contributed by atoms with Gasteiger partial charge in [-0.3, -0.25) is 19.1 Å². The van der Waals surface area contributed by atoms with Crippen molar-refractivity contribution in [3.63, 3.8) is 0 Å². The van der Waals surface area contributed by atoms with Crippen molar-refractivity contribution in [2.75, 3.05) is 20.3 Å². The van der Waals surface area contributed by atoms with Crippen molar-refractivity contribution in [2.45, 2.75) is 132 Å². The Morgan fingerprint density at radius 1 is 1.03 bits per heavy atom. The Balaban J connectivity index is 1.18. The van der Waals surface area contributed by atoms with Crippen molar-refractivity contribution in [3.05, 3.63) is 42.5 Å². The fraction of sp³-hybridized carbons (Fsp3) is 0.614. The molecular formula is C44H57N5O10S. The van der Waals surface area contributed by atoms with Gasteiger partial charge in [0.05, 0.1) is 31.0 Å². The molecule has 4 saturated carbocycles. The van der Waals surface area contributed by atoms with Crippen LogP contribution in [0.15, 0.2) is 36.9 Å². The van der Waals surface area contributed by atoms with E-state index in [4.69, 9.17) is 23.9 Å². The highest BCUT2D eigenvalue weighted by atomic mass is 32.2. The van der Waals surface area contributed by atoms with Crippen LogP contribution in [0, 0.1) is 17.8 Å². The van der Waals surface area contributed by atoms with Gasteiger partial charge in [0.15, 0.2) is 0 Å². The predicted molar refractivity (Wildman–Crippen MR) is 223 cm³/mol. The molecule has 4 aliphatic carbocycles. The van der Waals surface area contributed by atoms with Crippen molar-refractivity contribution in [2.24, 2.45) is 17.8 Å². The molecule has 0 radical (unpaired) electrons. The van der Waals surface area contributed by atoms with Crippen molar-refractivity contribution in [1.29, 1.82) is 0 Å². The normalized spacial score (nSPS) is 30.4. The van der Waals surface area contributed by atoms with Gasteiger partial charge in [0, 0.05) is 35.4 Å². The van der Waals surface area contributed by atoms with E-state index in [1.165, 1.54) is 11.0 Å². The molecule has 1 aromatic carbocycles. The lowest BCUT2D eigenvalue weighted by Gasteiger charge is -2.36. The summed E-state index contributed by atoms with van der Waals surface area (Å²) >= 11 is 0. The average Bonchev–Trinajstić information content (AvgIpc) is 4.17. The molecule has 0 spiro atoms. The van der Waals surface area contributed by atoms with Gasteiger partial charge in [-0.2, -0.15) is 0 Å². The zero-order valence-corrected chi connectivity index (χ0v) is 35.3. The van der Waals surface area contributed by atoms with E-state index in [2.05, 4.69) is 28.0 Å². The third kappa shape index (κ3) is 8.66. The summed E-state index contributed by atoms with van der Waals surface area (Å²) in [5.41, 5.74) is -0.199. The molecule has 6 aliphatic rings. The van der Waals surface area contributed by atoms with E-state index in [0.717, 1.165) is 44.1 Å². The number of pyridine rings is 1. The first kappa shape index (κ1) is 41.9. The van der Waals surface area contributed by atoms with Crippen LogP contribution in [-0.4, -0.2) is 97.5 Å². The van der Waals surface area contributed by atoms with Gasteiger partial charge in [-0.15, -0.1) is 6.58 Å². The molecule has 7 atom stereocenters. The molecule has 5 fully saturated rings. The molecule has 3 heterocycles. The van der Waals surface area contributed by atoms with E-state index in [1.807, 2.05) is 25.1 Å². The number of fused-ring (bicyclic) bond motifs is 4. The van der Waals surface area contributed by atoms with E-state index in [9.17, 15) is 22.8 Å². The lowest BCUT2D eigenvalue weighted by Crippen LogP contribution is -2.59. The largest absolute Gasteiger partial charge is 0.496 e. The number of rotatable bonds is 10. The molecule has 16 heteroatoms. The molecule has 60 heavy (non-hydrogen) atoms. The summed E-state index contributed by atoms with van der Waals surface area (Å²) in [5, 5.41) is 5.89. The van der Waals surface area contributed by atoms with Crippen LogP contribution in [0.1, 0.15) is 102 Å². The Morgan fingerprint density at radius 2 is 1.78 bits per heavy atom. The second-order valence-corrected chi connectivity index (χ2v) is 19.3. The first-order chi connectivity index (χ1) is 28.9. The smallest absolute Gasteiger partial charge is 0.408 e. The minimum Gasteiger partial charge on any atom is -0.496 e. The molecule has 8 rings (SSSR count). The fourth-order valence-corrected chi connectivity index (χ4v) is 11.1. The zero-order chi connectivity index (χ0) is 42.2. The van der Waals surface area contributed by atoms with E-state index in [1.54, 1.807) is 13.2 Å². The van der Waals surface area contributed by atoms with Gasteiger partial charge in [-0.1, -0.05) is 43.9 Å². The van der Waals surface area contributed by atoms with Crippen LogP contribution in [0.5, 0.6) is 17.4 Å². The van der Waals surface area contributed by atoms with Crippen LogP contribution >= 0.6 is 0 Å². The summed E-state index contributed by atoms with van der Waals surface area (Å²) in [6.45, 7) is 6.02. The Labute approximate surface area is 351 Å². The number of hydrogen-bond donors (Lipinski definition) is 3. The Kier molecular flexibility index (Phi) is 12.0. The monoisotopic (exact) mass is 847 g/mol. The molecule has 1 saturated heterocycles. The topological polar surface area (TPSA) is 192 Å². The van der Waals surface area contributed by atoms with E-state index < -0.39 is 68.7 Å². The van der Waals surface area contributed by atoms with E-state index in [0.29, 0.717) is 73.4 Å². The molecular weight excluding hydrogens is 791 g/mol. The highest BCUT2D eigenvalue weighted by molar-refractivity contribution is 7.91. The van der Waals surface area contributed by atoms with Crippen molar-refractivity contribution < 1.29 is 46.5 Å². The lowest BCUT2D eigenvalue weighted by atomic mass is 9.83. The third-order valence-electron chi connectivity index (χ3n) is 13.3. The van der Waals surface area contributed by atoms with Crippen LogP contribution in [0.3, 0.4) is 0 Å². The quantitative estimate of drug-likeness (QED) is 0.263. The molecule has 1 aromatic heterocycles. The number of methoxy groups -OCH3 is 1. The maximum Gasteiger partial charge on any atom is 0.408 e. The van der Waals surface area contributed by atoms with Gasteiger partial charge in [0.25, 0.3) is 5.91 Å². The number of benzene rings is 1. The molecule has 324 valence electrons. The molecule has 3 N–H and O–H groups in total. The Hall–Kier alpha value is -4.86. The number of aromatic nitrogens is 1. The first-order valence-electron chi connectivity index (χ1n) is 21.7. The van der Waals surface area contributed by atoms with Gasteiger partial charge in [0.2, 0.25) is 27.7 Å². The van der Waals surface area contributed by atoms with Crippen LogP contribution < -0.4 is 29.6 Å². The summed E-state index contributed by atoms with van der Waals surface area (Å²) < 4.78 is 52.5. The molecule has 15 nitrogen and oxygen atoms in total. The first-order valence-corrected chi connectivity index (χ1v) is 23.2. The number of carbonyl (C=O) groups excluding carboxylic acids is 4. The number of hydrogen-bond acceptors (Lipinski definition) is 11. The Morgan fingerprint density at radius 3 is 2.50 bits per heavy atom.